The molecule has 0 rings (SSSR count). The van der Waals surface area contributed by atoms with E-state index >= 15 is 0 Å². The van der Waals surface area contributed by atoms with Gasteiger partial charge in [-0.2, -0.15) is 0 Å². The summed E-state index contributed by atoms with van der Waals surface area (Å²) in [5.74, 6) is -6.45. The third-order valence-corrected chi connectivity index (χ3v) is 3.88. The van der Waals surface area contributed by atoms with Crippen molar-refractivity contribution in [2.24, 2.45) is 11.7 Å². The predicted molar refractivity (Wildman–Crippen MR) is 97.3 cm³/mol. The van der Waals surface area contributed by atoms with E-state index in [1.165, 1.54) is 20.8 Å². The smallest absolute Gasteiger partial charge is 0.326 e. The first-order valence-corrected chi connectivity index (χ1v) is 8.72. The minimum atomic E-state index is -1.67. The van der Waals surface area contributed by atoms with Gasteiger partial charge in [-0.05, 0) is 12.8 Å². The fourth-order valence-electron chi connectivity index (χ4n) is 2.10. The fraction of sp³-hybridized carbons (Fsp3) is 0.688. The zero-order chi connectivity index (χ0) is 22.9. The van der Waals surface area contributed by atoms with Crippen molar-refractivity contribution >= 4 is 29.7 Å². The zero-order valence-corrected chi connectivity index (χ0v) is 16.3. The van der Waals surface area contributed by atoms with Crippen LogP contribution in [0.25, 0.3) is 0 Å². The monoisotopic (exact) mass is 420 g/mol. The summed E-state index contributed by atoms with van der Waals surface area (Å²) in [6.45, 7) is 3.37. The molecule has 0 aliphatic rings. The molecule has 29 heavy (non-hydrogen) atoms. The highest BCUT2D eigenvalue weighted by Crippen LogP contribution is 2.04. The van der Waals surface area contributed by atoms with Crippen molar-refractivity contribution in [2.45, 2.75) is 57.5 Å². The Labute approximate surface area is 166 Å². The second-order valence-corrected chi connectivity index (χ2v) is 6.74. The van der Waals surface area contributed by atoms with Crippen LogP contribution in [0.4, 0.5) is 0 Å². The molecule has 0 aliphatic heterocycles. The number of carboxylic acids is 2. The lowest BCUT2D eigenvalue weighted by Crippen LogP contribution is -2.59. The first-order chi connectivity index (χ1) is 13.3. The largest absolute Gasteiger partial charge is 0.481 e. The summed E-state index contributed by atoms with van der Waals surface area (Å²) in [6, 6.07) is -5.97. The number of hydrogen-bond acceptors (Lipinski definition) is 8. The number of amides is 3. The van der Waals surface area contributed by atoms with Crippen LogP contribution in [0.2, 0.25) is 0 Å². The van der Waals surface area contributed by atoms with E-state index in [1.807, 2.05) is 0 Å². The van der Waals surface area contributed by atoms with Gasteiger partial charge in [0.2, 0.25) is 17.7 Å². The van der Waals surface area contributed by atoms with Crippen molar-refractivity contribution in [1.29, 1.82) is 0 Å². The third-order valence-electron chi connectivity index (χ3n) is 3.88. The molecule has 5 atom stereocenters. The second kappa shape index (κ2) is 11.9. The summed E-state index contributed by atoms with van der Waals surface area (Å²) in [5.41, 5.74) is 5.42. The number of rotatable bonds is 12. The maximum atomic E-state index is 12.3. The Bertz CT molecular complexity index is 624. The third kappa shape index (κ3) is 8.85. The van der Waals surface area contributed by atoms with Gasteiger partial charge in [-0.3, -0.25) is 19.2 Å². The van der Waals surface area contributed by atoms with Gasteiger partial charge >= 0.3 is 11.9 Å². The molecule has 3 amide bonds. The lowest BCUT2D eigenvalue weighted by molar-refractivity contribution is -0.144. The van der Waals surface area contributed by atoms with E-state index in [9.17, 15) is 34.2 Å². The van der Waals surface area contributed by atoms with Crippen LogP contribution in [-0.4, -0.2) is 87.0 Å². The second-order valence-electron chi connectivity index (χ2n) is 6.74. The predicted octanol–water partition coefficient (Wildman–Crippen LogP) is -3.64. The van der Waals surface area contributed by atoms with Crippen molar-refractivity contribution in [3.8, 4) is 0 Å². The number of carbonyl (C=O) groups excluding carboxylic acids is 3. The molecular formula is C16H28N4O9. The number of hydrogen-bond donors (Lipinski definition) is 8. The van der Waals surface area contributed by atoms with E-state index in [-0.39, 0.29) is 0 Å². The number of aliphatic carboxylic acids is 2. The Morgan fingerprint density at radius 2 is 1.34 bits per heavy atom. The Hall–Kier alpha value is -2.77. The highest BCUT2D eigenvalue weighted by atomic mass is 16.4. The molecule has 0 bridgehead atoms. The van der Waals surface area contributed by atoms with Crippen molar-refractivity contribution in [1.82, 2.24) is 16.0 Å². The molecule has 0 aromatic heterocycles. The van der Waals surface area contributed by atoms with Crippen molar-refractivity contribution in [3.63, 3.8) is 0 Å². The summed E-state index contributed by atoms with van der Waals surface area (Å²) in [6.07, 6.45) is -2.12. The molecule has 0 heterocycles. The van der Waals surface area contributed by atoms with Crippen LogP contribution in [-0.2, 0) is 24.0 Å². The van der Waals surface area contributed by atoms with Crippen molar-refractivity contribution in [3.05, 3.63) is 0 Å². The van der Waals surface area contributed by atoms with E-state index in [1.54, 1.807) is 0 Å². The van der Waals surface area contributed by atoms with E-state index < -0.39 is 78.9 Å². The average Bonchev–Trinajstić information content (AvgIpc) is 2.61. The van der Waals surface area contributed by atoms with Crippen LogP contribution in [0.3, 0.4) is 0 Å². The lowest BCUT2D eigenvalue weighted by Gasteiger charge is -2.25. The van der Waals surface area contributed by atoms with Crippen LogP contribution in [0.5, 0.6) is 0 Å². The fourth-order valence-corrected chi connectivity index (χ4v) is 2.10. The van der Waals surface area contributed by atoms with Gasteiger partial charge in [-0.25, -0.2) is 4.79 Å². The minimum Gasteiger partial charge on any atom is -0.481 e. The maximum Gasteiger partial charge on any atom is 0.326 e. The Morgan fingerprint density at radius 1 is 0.862 bits per heavy atom. The van der Waals surface area contributed by atoms with E-state index in [2.05, 4.69) is 16.0 Å². The Morgan fingerprint density at radius 3 is 1.72 bits per heavy atom. The Balaban J connectivity index is 5.30. The Kier molecular flexibility index (Phi) is 10.8. The molecule has 0 saturated heterocycles. The SMILES string of the molecule is CC(C)C(NC(=O)C(CC(=O)O)NC(=O)C(CO)NC(=O)C(N)C(C)O)C(=O)O. The summed E-state index contributed by atoms with van der Waals surface area (Å²) in [5, 5.41) is 43.0. The van der Waals surface area contributed by atoms with Gasteiger partial charge in [0.15, 0.2) is 0 Å². The van der Waals surface area contributed by atoms with Crippen molar-refractivity contribution in [2.75, 3.05) is 6.61 Å². The quantitative estimate of drug-likeness (QED) is 0.154. The number of aliphatic hydroxyl groups is 2. The van der Waals surface area contributed by atoms with Crippen molar-refractivity contribution < 1.29 is 44.4 Å². The van der Waals surface area contributed by atoms with Gasteiger partial charge in [0.25, 0.3) is 0 Å². The van der Waals surface area contributed by atoms with Gasteiger partial charge in [0, 0.05) is 0 Å². The van der Waals surface area contributed by atoms with Crippen LogP contribution < -0.4 is 21.7 Å². The van der Waals surface area contributed by atoms with Gasteiger partial charge in [-0.15, -0.1) is 0 Å². The van der Waals surface area contributed by atoms with Gasteiger partial charge in [0.1, 0.15) is 24.2 Å². The number of nitrogens with one attached hydrogen (secondary N) is 3. The summed E-state index contributed by atoms with van der Waals surface area (Å²) in [7, 11) is 0. The molecule has 9 N–H and O–H groups in total. The first-order valence-electron chi connectivity index (χ1n) is 8.72. The molecule has 166 valence electrons. The van der Waals surface area contributed by atoms with Gasteiger partial charge in [0.05, 0.1) is 19.1 Å². The minimum absolute atomic E-state index is 0.524. The standard InChI is InChI=1S/C16H28N4O9/c1-6(2)12(16(28)29)20-13(25)8(4-10(23)24)18-14(26)9(5-21)19-15(27)11(17)7(3)22/h6-9,11-12,21-22H,4-5,17H2,1-3H3,(H,18,26)(H,19,27)(H,20,25)(H,23,24)(H,28,29). The van der Waals surface area contributed by atoms with Gasteiger partial charge in [-0.1, -0.05) is 13.8 Å². The highest BCUT2D eigenvalue weighted by Gasteiger charge is 2.32. The first kappa shape index (κ1) is 26.2. The molecule has 0 aromatic carbocycles. The number of nitrogens with two attached hydrogens (primary N) is 1. The lowest BCUT2D eigenvalue weighted by atomic mass is 10.0. The molecule has 13 nitrogen and oxygen atoms in total. The van der Waals surface area contributed by atoms with Crippen LogP contribution in [0, 0.1) is 5.92 Å². The molecule has 0 saturated carbocycles. The molecule has 0 aliphatic carbocycles. The van der Waals surface area contributed by atoms with E-state index in [0.717, 1.165) is 0 Å². The van der Waals surface area contributed by atoms with E-state index in [4.69, 9.17) is 15.9 Å². The highest BCUT2D eigenvalue weighted by molar-refractivity contribution is 5.95. The molecule has 0 aromatic rings. The topological polar surface area (TPSA) is 228 Å². The number of carbonyl (C=O) groups is 5. The van der Waals surface area contributed by atoms with E-state index in [0.29, 0.717) is 0 Å². The molecule has 0 fully saturated rings. The zero-order valence-electron chi connectivity index (χ0n) is 16.3. The molecule has 0 spiro atoms. The van der Waals surface area contributed by atoms with Crippen LogP contribution in [0.1, 0.15) is 27.2 Å². The van der Waals surface area contributed by atoms with Crippen LogP contribution in [0.15, 0.2) is 0 Å². The number of aliphatic hydroxyl groups excluding tert-OH is 2. The molecular weight excluding hydrogens is 392 g/mol. The normalized spacial score (nSPS) is 16.1. The van der Waals surface area contributed by atoms with Crippen LogP contribution >= 0.6 is 0 Å². The maximum absolute atomic E-state index is 12.3. The molecule has 13 heteroatoms. The summed E-state index contributed by atoms with van der Waals surface area (Å²) in [4.78, 5) is 58.6. The summed E-state index contributed by atoms with van der Waals surface area (Å²) >= 11 is 0. The molecule has 0 radical (unpaired) electrons. The summed E-state index contributed by atoms with van der Waals surface area (Å²) < 4.78 is 0. The molecule has 5 unspecified atom stereocenters. The average molecular weight is 420 g/mol. The van der Waals surface area contributed by atoms with Gasteiger partial charge < -0.3 is 42.1 Å². The number of carboxylic acid groups (broad SMARTS) is 2.